The van der Waals surface area contributed by atoms with Crippen LogP contribution in [0.3, 0.4) is 0 Å². The van der Waals surface area contributed by atoms with Crippen LogP contribution in [0.25, 0.3) is 0 Å². The zero-order chi connectivity index (χ0) is 14.5. The summed E-state index contributed by atoms with van der Waals surface area (Å²) in [7, 11) is 0. The van der Waals surface area contributed by atoms with Crippen molar-refractivity contribution < 1.29 is 9.53 Å². The molecule has 0 fully saturated rings. The van der Waals surface area contributed by atoms with Crippen LogP contribution < -0.4 is 21.5 Å². The minimum absolute atomic E-state index is 0.239. The maximum Gasteiger partial charge on any atom is 0.250 e. The Balaban J connectivity index is 2.23. The van der Waals surface area contributed by atoms with E-state index in [1.54, 1.807) is 0 Å². The fourth-order valence-corrected chi connectivity index (χ4v) is 1.73. The lowest BCUT2D eigenvalue weighted by atomic mass is 10.2. The van der Waals surface area contributed by atoms with Crippen LogP contribution in [0, 0.1) is 0 Å². The maximum absolute atomic E-state index is 11.2. The molecule has 0 unspecified atom stereocenters. The largest absolute Gasteiger partial charge is 0.494 e. The molecule has 6 heteroatoms. The summed E-state index contributed by atoms with van der Waals surface area (Å²) < 4.78 is 5.41. The summed E-state index contributed by atoms with van der Waals surface area (Å²) in [5.41, 5.74) is 12.2. The smallest absolute Gasteiger partial charge is 0.250 e. The van der Waals surface area contributed by atoms with Crippen molar-refractivity contribution in [2.45, 2.75) is 6.92 Å². The van der Waals surface area contributed by atoms with E-state index < -0.39 is 5.91 Å². The number of pyridine rings is 1. The minimum atomic E-state index is -0.587. The highest BCUT2D eigenvalue weighted by Gasteiger charge is 2.08. The number of nitrogen functional groups attached to an aromatic ring is 1. The molecule has 0 spiro atoms. The molecule has 5 N–H and O–H groups in total. The fourth-order valence-electron chi connectivity index (χ4n) is 1.73. The van der Waals surface area contributed by atoms with Gasteiger partial charge in [0.1, 0.15) is 11.6 Å². The van der Waals surface area contributed by atoms with Gasteiger partial charge < -0.3 is 21.5 Å². The molecule has 6 nitrogen and oxygen atoms in total. The predicted molar refractivity (Wildman–Crippen MR) is 78.1 cm³/mol. The van der Waals surface area contributed by atoms with E-state index in [0.717, 1.165) is 11.4 Å². The topological polar surface area (TPSA) is 103 Å². The van der Waals surface area contributed by atoms with E-state index in [2.05, 4.69) is 10.3 Å². The third-order valence-electron chi connectivity index (χ3n) is 2.62. The van der Waals surface area contributed by atoms with E-state index in [4.69, 9.17) is 16.2 Å². The highest BCUT2D eigenvalue weighted by atomic mass is 16.5. The van der Waals surface area contributed by atoms with Gasteiger partial charge in [-0.3, -0.25) is 4.79 Å². The van der Waals surface area contributed by atoms with E-state index in [1.807, 2.05) is 31.2 Å². The lowest BCUT2D eigenvalue weighted by Gasteiger charge is -2.09. The molecule has 0 saturated carbocycles. The number of aromatic nitrogens is 1. The average Bonchev–Trinajstić information content (AvgIpc) is 2.41. The van der Waals surface area contributed by atoms with Crippen molar-refractivity contribution in [3.63, 3.8) is 0 Å². The summed E-state index contributed by atoms with van der Waals surface area (Å²) in [4.78, 5) is 15.3. The SMILES string of the molecule is CCOc1cccc(Nc2cc(C(N)=O)c(N)cn2)c1. The molecule has 0 saturated heterocycles. The molecular formula is C14H16N4O2. The molecule has 0 atom stereocenters. The Hall–Kier alpha value is -2.76. The van der Waals surface area contributed by atoms with Crippen molar-refractivity contribution in [3.05, 3.63) is 42.1 Å². The van der Waals surface area contributed by atoms with Crippen molar-refractivity contribution in [2.75, 3.05) is 17.7 Å². The van der Waals surface area contributed by atoms with Gasteiger partial charge in [0, 0.05) is 11.8 Å². The number of nitrogens with zero attached hydrogens (tertiary/aromatic N) is 1. The van der Waals surface area contributed by atoms with Crippen LogP contribution >= 0.6 is 0 Å². The summed E-state index contributed by atoms with van der Waals surface area (Å²) in [5, 5.41) is 3.07. The van der Waals surface area contributed by atoms with Crippen molar-refractivity contribution in [1.29, 1.82) is 0 Å². The van der Waals surface area contributed by atoms with Crippen LogP contribution in [0.4, 0.5) is 17.2 Å². The normalized spacial score (nSPS) is 10.1. The number of carbonyl (C=O) groups is 1. The summed E-state index contributed by atoms with van der Waals surface area (Å²) >= 11 is 0. The van der Waals surface area contributed by atoms with Gasteiger partial charge in [-0.25, -0.2) is 4.98 Å². The molecule has 0 aliphatic heterocycles. The molecule has 2 aromatic rings. The first-order valence-electron chi connectivity index (χ1n) is 6.15. The molecule has 1 aromatic heterocycles. The van der Waals surface area contributed by atoms with Crippen LogP contribution in [0.5, 0.6) is 5.75 Å². The molecule has 0 radical (unpaired) electrons. The first kappa shape index (κ1) is 13.7. The summed E-state index contributed by atoms with van der Waals surface area (Å²) in [6.07, 6.45) is 1.40. The molecule has 104 valence electrons. The molecule has 20 heavy (non-hydrogen) atoms. The van der Waals surface area contributed by atoms with Gasteiger partial charge >= 0.3 is 0 Å². The third-order valence-corrected chi connectivity index (χ3v) is 2.62. The second kappa shape index (κ2) is 5.92. The number of hydrogen-bond acceptors (Lipinski definition) is 5. The standard InChI is InChI=1S/C14H16N4O2/c1-2-20-10-5-3-4-9(6-10)18-13-7-11(14(16)19)12(15)8-17-13/h3-8H,2,15H2,1H3,(H2,16,19)(H,17,18). The van der Waals surface area contributed by atoms with Crippen LogP contribution in [0.15, 0.2) is 36.5 Å². The number of amides is 1. The van der Waals surface area contributed by atoms with Crippen molar-refractivity contribution in [2.24, 2.45) is 5.73 Å². The number of nitrogens with two attached hydrogens (primary N) is 2. The van der Waals surface area contributed by atoms with Crippen LogP contribution in [0.1, 0.15) is 17.3 Å². The highest BCUT2D eigenvalue weighted by Crippen LogP contribution is 2.22. The van der Waals surface area contributed by atoms with Crippen LogP contribution in [-0.2, 0) is 0 Å². The van der Waals surface area contributed by atoms with Gasteiger partial charge in [-0.05, 0) is 25.1 Å². The van der Waals surface area contributed by atoms with Gasteiger partial charge in [-0.1, -0.05) is 6.07 Å². The Morgan fingerprint density at radius 3 is 2.90 bits per heavy atom. The predicted octanol–water partition coefficient (Wildman–Crippen LogP) is 1.91. The van der Waals surface area contributed by atoms with Gasteiger partial charge in [-0.15, -0.1) is 0 Å². The average molecular weight is 272 g/mol. The summed E-state index contributed by atoms with van der Waals surface area (Å²) in [6, 6.07) is 8.94. The lowest BCUT2D eigenvalue weighted by molar-refractivity contribution is 0.100. The Morgan fingerprint density at radius 1 is 1.40 bits per heavy atom. The molecule has 2 rings (SSSR count). The number of anilines is 3. The number of rotatable bonds is 5. The van der Waals surface area contributed by atoms with Gasteiger partial charge in [0.15, 0.2) is 0 Å². The van der Waals surface area contributed by atoms with Crippen molar-refractivity contribution >= 4 is 23.1 Å². The Morgan fingerprint density at radius 2 is 2.20 bits per heavy atom. The molecule has 1 heterocycles. The van der Waals surface area contributed by atoms with Gasteiger partial charge in [0.25, 0.3) is 5.91 Å². The lowest BCUT2D eigenvalue weighted by Crippen LogP contribution is -2.14. The van der Waals surface area contributed by atoms with Crippen molar-refractivity contribution in [1.82, 2.24) is 4.98 Å². The van der Waals surface area contributed by atoms with Crippen LogP contribution in [-0.4, -0.2) is 17.5 Å². The summed E-state index contributed by atoms with van der Waals surface area (Å²) in [6.45, 7) is 2.51. The molecule has 0 aliphatic carbocycles. The highest BCUT2D eigenvalue weighted by molar-refractivity contribution is 5.98. The zero-order valence-corrected chi connectivity index (χ0v) is 11.1. The zero-order valence-electron chi connectivity index (χ0n) is 11.1. The molecule has 1 aromatic carbocycles. The number of benzene rings is 1. The van der Waals surface area contributed by atoms with E-state index in [-0.39, 0.29) is 11.3 Å². The van der Waals surface area contributed by atoms with Crippen LogP contribution in [0.2, 0.25) is 0 Å². The van der Waals surface area contributed by atoms with Gasteiger partial charge in [0.2, 0.25) is 0 Å². The van der Waals surface area contributed by atoms with E-state index in [0.29, 0.717) is 12.4 Å². The molecule has 1 amide bonds. The number of primary amides is 1. The molecule has 0 bridgehead atoms. The quantitative estimate of drug-likeness (QED) is 0.771. The number of carbonyl (C=O) groups excluding carboxylic acids is 1. The Labute approximate surface area is 116 Å². The number of nitrogens with one attached hydrogen (secondary N) is 1. The van der Waals surface area contributed by atoms with E-state index in [9.17, 15) is 4.79 Å². The van der Waals surface area contributed by atoms with E-state index >= 15 is 0 Å². The Kier molecular flexibility index (Phi) is 4.05. The monoisotopic (exact) mass is 272 g/mol. The second-order valence-corrected chi connectivity index (χ2v) is 4.11. The number of ether oxygens (including phenoxy) is 1. The second-order valence-electron chi connectivity index (χ2n) is 4.11. The Bertz CT molecular complexity index is 628. The van der Waals surface area contributed by atoms with Gasteiger partial charge in [-0.2, -0.15) is 0 Å². The fraction of sp³-hybridized carbons (Fsp3) is 0.143. The van der Waals surface area contributed by atoms with Gasteiger partial charge in [0.05, 0.1) is 24.1 Å². The minimum Gasteiger partial charge on any atom is -0.494 e. The molecular weight excluding hydrogens is 256 g/mol. The molecule has 0 aliphatic rings. The first-order valence-corrected chi connectivity index (χ1v) is 6.15. The van der Waals surface area contributed by atoms with E-state index in [1.165, 1.54) is 12.3 Å². The third kappa shape index (κ3) is 3.17. The first-order chi connectivity index (χ1) is 9.60. The summed E-state index contributed by atoms with van der Waals surface area (Å²) in [5.74, 6) is 0.653. The maximum atomic E-state index is 11.2. The number of hydrogen-bond donors (Lipinski definition) is 3. The van der Waals surface area contributed by atoms with Crippen molar-refractivity contribution in [3.8, 4) is 5.75 Å².